The lowest BCUT2D eigenvalue weighted by Gasteiger charge is -2.21. The Morgan fingerprint density at radius 3 is 2.51 bits per heavy atom. The summed E-state index contributed by atoms with van der Waals surface area (Å²) in [5.74, 6) is -1.56. The van der Waals surface area contributed by atoms with Gasteiger partial charge in [-0.3, -0.25) is 24.3 Å². The number of hydrogen-bond acceptors (Lipinski definition) is 7. The van der Waals surface area contributed by atoms with Gasteiger partial charge in [0.15, 0.2) is 0 Å². The first-order valence-corrected chi connectivity index (χ1v) is 13.4. The van der Waals surface area contributed by atoms with Crippen LogP contribution in [0.15, 0.2) is 24.4 Å². The van der Waals surface area contributed by atoms with Gasteiger partial charge in [0.25, 0.3) is 5.91 Å². The number of thiophene rings is 1. The van der Waals surface area contributed by atoms with Gasteiger partial charge in [-0.2, -0.15) is 13.2 Å². The number of amides is 3. The maximum Gasteiger partial charge on any atom is 0.433 e. The highest BCUT2D eigenvalue weighted by Crippen LogP contribution is 2.63. The molecule has 2 aliphatic heterocycles. The second-order valence-corrected chi connectivity index (χ2v) is 12.2. The van der Waals surface area contributed by atoms with E-state index in [1.807, 2.05) is 13.8 Å². The van der Waals surface area contributed by atoms with Crippen molar-refractivity contribution in [2.75, 3.05) is 13.1 Å². The van der Waals surface area contributed by atoms with E-state index >= 15 is 0 Å². The van der Waals surface area contributed by atoms with E-state index in [-0.39, 0.29) is 65.5 Å². The second kappa shape index (κ2) is 8.56. The number of aryl methyl sites for hydroxylation is 1. The van der Waals surface area contributed by atoms with E-state index in [0.29, 0.717) is 27.1 Å². The topological polar surface area (TPSA) is 104 Å². The number of imide groups is 1. The van der Waals surface area contributed by atoms with Gasteiger partial charge in [0.1, 0.15) is 5.69 Å². The van der Waals surface area contributed by atoms with Crippen LogP contribution in [0, 0.1) is 24.2 Å². The molecule has 12 heteroatoms. The number of alkyl halides is 3. The molecule has 5 heterocycles. The fourth-order valence-corrected chi connectivity index (χ4v) is 7.05. The molecule has 204 valence electrons. The van der Waals surface area contributed by atoms with Crippen LogP contribution in [0.25, 0.3) is 21.5 Å². The fraction of sp³-hybridized carbons (Fsp3) is 0.444. The van der Waals surface area contributed by atoms with Crippen molar-refractivity contribution in [3.63, 3.8) is 0 Å². The minimum atomic E-state index is -4.73. The number of hydrogen-bond donors (Lipinski definition) is 1. The molecule has 1 N–H and O–H groups in total. The Hall–Kier alpha value is -3.38. The zero-order valence-corrected chi connectivity index (χ0v) is 22.2. The third kappa shape index (κ3) is 4.03. The molecule has 1 saturated carbocycles. The van der Waals surface area contributed by atoms with E-state index in [4.69, 9.17) is 0 Å². The van der Waals surface area contributed by atoms with Crippen LogP contribution < -0.4 is 0 Å². The van der Waals surface area contributed by atoms with E-state index in [2.05, 4.69) is 9.97 Å². The van der Waals surface area contributed by atoms with E-state index < -0.39 is 23.9 Å². The molecule has 3 amide bonds. The summed E-state index contributed by atoms with van der Waals surface area (Å²) in [7, 11) is 0. The van der Waals surface area contributed by atoms with Crippen LogP contribution in [0.5, 0.6) is 0 Å². The summed E-state index contributed by atoms with van der Waals surface area (Å²) >= 11 is 1.20. The van der Waals surface area contributed by atoms with E-state index in [1.165, 1.54) is 40.3 Å². The number of rotatable bonds is 4. The van der Waals surface area contributed by atoms with Gasteiger partial charge in [0.2, 0.25) is 11.8 Å². The van der Waals surface area contributed by atoms with Crippen molar-refractivity contribution in [1.29, 1.82) is 0 Å². The number of β-amino-alcohol motifs (C(OH)–C–C–N with tert-alkyl or cyclic N) is 1. The van der Waals surface area contributed by atoms with Crippen molar-refractivity contribution in [1.82, 2.24) is 19.8 Å². The Morgan fingerprint density at radius 1 is 1.21 bits per heavy atom. The van der Waals surface area contributed by atoms with Crippen molar-refractivity contribution in [2.45, 2.75) is 46.0 Å². The summed E-state index contributed by atoms with van der Waals surface area (Å²) in [6.07, 6.45) is -3.61. The molecular weight excluding hydrogens is 533 g/mol. The summed E-state index contributed by atoms with van der Waals surface area (Å²) in [4.78, 5) is 50.8. The fourth-order valence-electron chi connectivity index (χ4n) is 5.93. The summed E-state index contributed by atoms with van der Waals surface area (Å²) in [5.41, 5.74) is -0.653. The van der Waals surface area contributed by atoms with Crippen LogP contribution in [0.3, 0.4) is 0 Å². The first-order valence-electron chi connectivity index (χ1n) is 12.6. The Kier molecular flexibility index (Phi) is 5.68. The van der Waals surface area contributed by atoms with Gasteiger partial charge in [-0.15, -0.1) is 11.3 Å². The number of likely N-dealkylation sites (tertiary alicyclic amines) is 2. The molecule has 3 fully saturated rings. The van der Waals surface area contributed by atoms with Crippen LogP contribution in [0.2, 0.25) is 0 Å². The van der Waals surface area contributed by atoms with Gasteiger partial charge in [-0.25, -0.2) is 4.98 Å². The molecule has 3 aromatic heterocycles. The van der Waals surface area contributed by atoms with Gasteiger partial charge < -0.3 is 10.0 Å². The van der Waals surface area contributed by atoms with E-state index in [1.54, 1.807) is 6.07 Å². The number of aromatic nitrogens is 2. The number of carbonyl (C=O) groups excluding carboxylic acids is 3. The van der Waals surface area contributed by atoms with Crippen molar-refractivity contribution in [3.8, 4) is 11.3 Å². The molecule has 2 saturated heterocycles. The lowest BCUT2D eigenvalue weighted by atomic mass is 9.99. The molecule has 1 aliphatic carbocycles. The molecule has 39 heavy (non-hydrogen) atoms. The Morgan fingerprint density at radius 2 is 1.90 bits per heavy atom. The third-order valence-corrected chi connectivity index (χ3v) is 9.24. The molecule has 6 rings (SSSR count). The number of aliphatic hydroxyl groups is 1. The number of carbonyl (C=O) groups is 3. The first kappa shape index (κ1) is 25.9. The predicted octanol–water partition coefficient (Wildman–Crippen LogP) is 4.03. The normalized spacial score (nSPS) is 24.1. The molecule has 3 aromatic rings. The van der Waals surface area contributed by atoms with Gasteiger partial charge in [-0.1, -0.05) is 13.8 Å². The molecular formula is C27H25F3N4O4S. The third-order valence-electron chi connectivity index (χ3n) is 8.10. The Bertz CT molecular complexity index is 1540. The number of halogens is 3. The SMILES string of the molecule is Cc1cc(C(F)(F)F)nc(-c2ccnc3cc(CN4C(=O)C5C(C4=O)C5(C)C)sc23)c1C(=O)N1CCC(O)C1. The lowest BCUT2D eigenvalue weighted by molar-refractivity contribution is -0.144. The highest BCUT2D eigenvalue weighted by atomic mass is 32.1. The average Bonchev–Trinajstić information content (AvgIpc) is 3.24. The number of fused-ring (bicyclic) bond motifs is 2. The van der Waals surface area contributed by atoms with Gasteiger partial charge >= 0.3 is 6.18 Å². The van der Waals surface area contributed by atoms with Crippen LogP contribution >= 0.6 is 11.3 Å². The first-order chi connectivity index (χ1) is 18.3. The number of piperidine rings is 1. The van der Waals surface area contributed by atoms with Crippen LogP contribution in [-0.4, -0.2) is 61.8 Å². The second-order valence-electron chi connectivity index (χ2n) is 11.1. The molecule has 0 aromatic carbocycles. The largest absolute Gasteiger partial charge is 0.433 e. The molecule has 0 radical (unpaired) electrons. The molecule has 0 bridgehead atoms. The Labute approximate surface area is 225 Å². The number of aliphatic hydroxyl groups excluding tert-OH is 1. The summed E-state index contributed by atoms with van der Waals surface area (Å²) in [5, 5.41) is 9.93. The van der Waals surface area contributed by atoms with Crippen LogP contribution in [0.1, 0.15) is 46.8 Å². The zero-order valence-electron chi connectivity index (χ0n) is 21.4. The lowest BCUT2D eigenvalue weighted by Crippen LogP contribution is -2.35. The molecule has 3 aliphatic rings. The average molecular weight is 559 g/mol. The zero-order chi connectivity index (χ0) is 28.0. The quantitative estimate of drug-likeness (QED) is 0.485. The van der Waals surface area contributed by atoms with E-state index in [9.17, 15) is 32.7 Å². The van der Waals surface area contributed by atoms with Gasteiger partial charge in [0.05, 0.1) is 46.0 Å². The molecule has 8 nitrogen and oxygen atoms in total. The number of nitrogens with zero attached hydrogens (tertiary/aromatic N) is 4. The monoisotopic (exact) mass is 558 g/mol. The molecule has 0 spiro atoms. The summed E-state index contributed by atoms with van der Waals surface area (Å²) in [6.45, 7) is 5.66. The standard InChI is InChI=1S/C27H25F3N4O4S/c1-12-8-17(27(28,29)30)32-21(18(12)23(36)33-7-5-13(35)10-33)15-4-6-31-16-9-14(39-22(15)16)11-34-24(37)19-20(25(34)38)26(19,2)3/h4,6,8-9,13,19-20,35H,5,7,10-11H2,1-3H3. The van der Waals surface area contributed by atoms with E-state index in [0.717, 1.165) is 6.07 Å². The number of pyridine rings is 2. The van der Waals surface area contributed by atoms with Crippen molar-refractivity contribution >= 4 is 39.3 Å². The minimum Gasteiger partial charge on any atom is -0.391 e. The van der Waals surface area contributed by atoms with Gasteiger partial charge in [-0.05, 0) is 42.5 Å². The maximum atomic E-state index is 13.8. The van der Waals surface area contributed by atoms with Crippen LogP contribution in [-0.2, 0) is 22.3 Å². The Balaban J connectivity index is 1.43. The minimum absolute atomic E-state index is 0.0340. The maximum absolute atomic E-state index is 13.8. The summed E-state index contributed by atoms with van der Waals surface area (Å²) < 4.78 is 41.9. The summed E-state index contributed by atoms with van der Waals surface area (Å²) in [6, 6.07) is 4.08. The molecule has 3 unspecified atom stereocenters. The van der Waals surface area contributed by atoms with Crippen molar-refractivity contribution in [3.05, 3.63) is 46.1 Å². The smallest absolute Gasteiger partial charge is 0.391 e. The van der Waals surface area contributed by atoms with Crippen LogP contribution in [0.4, 0.5) is 13.2 Å². The molecule has 3 atom stereocenters. The van der Waals surface area contributed by atoms with Crippen molar-refractivity contribution in [2.24, 2.45) is 17.3 Å². The van der Waals surface area contributed by atoms with Gasteiger partial charge in [0, 0.05) is 29.7 Å². The highest BCUT2D eigenvalue weighted by Gasteiger charge is 2.72. The van der Waals surface area contributed by atoms with Crippen molar-refractivity contribution < 1.29 is 32.7 Å². The predicted molar refractivity (Wildman–Crippen MR) is 135 cm³/mol. The highest BCUT2D eigenvalue weighted by molar-refractivity contribution is 7.19.